The van der Waals surface area contributed by atoms with Crippen LogP contribution in [-0.2, 0) is 27.1 Å². The number of carbonyl (C=O) groups is 2. The fraction of sp³-hybridized carbons (Fsp3) is 0.364. The van der Waals surface area contributed by atoms with Crippen LogP contribution in [0.2, 0.25) is 0 Å². The predicted molar refractivity (Wildman–Crippen MR) is 109 cm³/mol. The maximum Gasteiger partial charge on any atom is 0.412 e. The van der Waals surface area contributed by atoms with Crippen LogP contribution in [-0.4, -0.2) is 49.7 Å². The highest BCUT2D eigenvalue weighted by atomic mass is 16.7. The monoisotopic (exact) mass is 414 g/mol. The number of esters is 1. The number of amides is 1. The van der Waals surface area contributed by atoms with Crippen molar-refractivity contribution < 1.29 is 28.5 Å². The molecule has 3 rings (SSSR count). The van der Waals surface area contributed by atoms with Crippen LogP contribution >= 0.6 is 0 Å². The second-order valence-electron chi connectivity index (χ2n) is 7.14. The van der Waals surface area contributed by atoms with Gasteiger partial charge in [-0.3, -0.25) is 4.79 Å². The number of benzene rings is 2. The first-order valence-corrected chi connectivity index (χ1v) is 9.68. The zero-order chi connectivity index (χ0) is 21.5. The van der Waals surface area contributed by atoms with Crippen molar-refractivity contribution in [2.75, 3.05) is 20.6 Å². The number of nitrogens with zero attached hydrogens (tertiary/aromatic N) is 1. The van der Waals surface area contributed by atoms with Crippen LogP contribution in [0.5, 0.6) is 11.5 Å². The Balaban J connectivity index is 1.40. The molecule has 2 unspecified atom stereocenters. The molecule has 0 aliphatic carbocycles. The van der Waals surface area contributed by atoms with Gasteiger partial charge < -0.3 is 29.6 Å². The van der Waals surface area contributed by atoms with Crippen LogP contribution in [0.4, 0.5) is 4.79 Å². The van der Waals surface area contributed by atoms with Gasteiger partial charge in [0.15, 0.2) is 11.5 Å². The quantitative estimate of drug-likeness (QED) is 0.523. The van der Waals surface area contributed by atoms with Gasteiger partial charge in [-0.1, -0.05) is 36.4 Å². The molecule has 0 radical (unpaired) electrons. The lowest BCUT2D eigenvalue weighted by molar-refractivity contribution is -0.154. The Labute approximate surface area is 175 Å². The van der Waals surface area contributed by atoms with E-state index < -0.39 is 24.9 Å². The standard InChI is InChI=1S/C22H26N2O6/c1-15(10-17-8-9-19-20(12-17)28-13-27-19)24(2)22(26)30-14-29-21(25)18(23)11-16-6-4-3-5-7-16/h3-9,12,15,18H,10-11,13-14,23H2,1-2H3. The Morgan fingerprint density at radius 2 is 1.77 bits per heavy atom. The van der Waals surface area contributed by atoms with Crippen molar-refractivity contribution in [3.63, 3.8) is 0 Å². The molecule has 0 spiro atoms. The lowest BCUT2D eigenvalue weighted by Gasteiger charge is -2.24. The fourth-order valence-corrected chi connectivity index (χ4v) is 3.02. The van der Waals surface area contributed by atoms with Gasteiger partial charge in [0.2, 0.25) is 13.6 Å². The molecule has 1 aliphatic rings. The molecule has 0 aromatic heterocycles. The van der Waals surface area contributed by atoms with E-state index >= 15 is 0 Å². The molecule has 2 aromatic carbocycles. The molecule has 2 atom stereocenters. The predicted octanol–water partition coefficient (Wildman–Crippen LogP) is 2.49. The van der Waals surface area contributed by atoms with Crippen LogP contribution in [0, 0.1) is 0 Å². The van der Waals surface area contributed by atoms with Crippen molar-refractivity contribution in [2.45, 2.75) is 31.8 Å². The first-order chi connectivity index (χ1) is 14.4. The van der Waals surface area contributed by atoms with Crippen molar-refractivity contribution in [3.8, 4) is 11.5 Å². The van der Waals surface area contributed by atoms with Crippen LogP contribution in [0.3, 0.4) is 0 Å². The number of nitrogens with two attached hydrogens (primary N) is 1. The zero-order valence-electron chi connectivity index (χ0n) is 17.1. The molecule has 0 saturated carbocycles. The molecule has 1 heterocycles. The average Bonchev–Trinajstić information content (AvgIpc) is 3.21. The largest absolute Gasteiger partial charge is 0.454 e. The summed E-state index contributed by atoms with van der Waals surface area (Å²) in [5.41, 5.74) is 7.79. The third kappa shape index (κ3) is 5.64. The summed E-state index contributed by atoms with van der Waals surface area (Å²) in [4.78, 5) is 25.7. The van der Waals surface area contributed by atoms with Crippen LogP contribution in [0.1, 0.15) is 18.1 Å². The van der Waals surface area contributed by atoms with Gasteiger partial charge in [-0.2, -0.15) is 0 Å². The summed E-state index contributed by atoms with van der Waals surface area (Å²) in [6.07, 6.45) is 0.358. The van der Waals surface area contributed by atoms with Gasteiger partial charge in [-0.15, -0.1) is 0 Å². The summed E-state index contributed by atoms with van der Waals surface area (Å²) in [5, 5.41) is 0. The van der Waals surface area contributed by atoms with E-state index in [0.29, 0.717) is 24.3 Å². The van der Waals surface area contributed by atoms with Crippen LogP contribution in [0.25, 0.3) is 0 Å². The van der Waals surface area contributed by atoms with E-state index in [1.54, 1.807) is 7.05 Å². The van der Waals surface area contributed by atoms with Crippen molar-refractivity contribution in [3.05, 3.63) is 59.7 Å². The Morgan fingerprint density at radius 3 is 2.53 bits per heavy atom. The van der Waals surface area contributed by atoms with E-state index in [9.17, 15) is 9.59 Å². The van der Waals surface area contributed by atoms with Gasteiger partial charge in [-0.05, 0) is 43.0 Å². The maximum atomic E-state index is 12.2. The van der Waals surface area contributed by atoms with Crippen LogP contribution in [0.15, 0.2) is 48.5 Å². The minimum absolute atomic E-state index is 0.145. The summed E-state index contributed by atoms with van der Waals surface area (Å²) >= 11 is 0. The molecular formula is C22H26N2O6. The van der Waals surface area contributed by atoms with Gasteiger partial charge in [-0.25, -0.2) is 4.79 Å². The molecule has 2 N–H and O–H groups in total. The third-order valence-corrected chi connectivity index (χ3v) is 4.90. The second-order valence-corrected chi connectivity index (χ2v) is 7.14. The molecule has 8 heteroatoms. The minimum atomic E-state index is -0.825. The number of carbonyl (C=O) groups excluding carboxylic acids is 2. The highest BCUT2D eigenvalue weighted by Gasteiger charge is 2.21. The second kappa shape index (κ2) is 9.98. The summed E-state index contributed by atoms with van der Waals surface area (Å²) in [6, 6.07) is 14.1. The first kappa shape index (κ1) is 21.4. The maximum absolute atomic E-state index is 12.2. The third-order valence-electron chi connectivity index (χ3n) is 4.90. The number of rotatable bonds is 8. The molecule has 2 aromatic rings. The van der Waals surface area contributed by atoms with E-state index in [4.69, 9.17) is 24.7 Å². The van der Waals surface area contributed by atoms with Crippen molar-refractivity contribution in [2.24, 2.45) is 5.73 Å². The molecule has 8 nitrogen and oxygen atoms in total. The topological polar surface area (TPSA) is 100 Å². The molecule has 0 bridgehead atoms. The van der Waals surface area contributed by atoms with Crippen molar-refractivity contribution in [1.29, 1.82) is 0 Å². The molecule has 1 amide bonds. The molecule has 30 heavy (non-hydrogen) atoms. The molecule has 0 saturated heterocycles. The van der Waals surface area contributed by atoms with E-state index in [-0.39, 0.29) is 12.8 Å². The van der Waals surface area contributed by atoms with Gasteiger partial charge in [0.1, 0.15) is 6.04 Å². The average molecular weight is 414 g/mol. The van der Waals surface area contributed by atoms with Crippen LogP contribution < -0.4 is 15.2 Å². The first-order valence-electron chi connectivity index (χ1n) is 9.68. The SMILES string of the molecule is CC(Cc1ccc2c(c1)OCO2)N(C)C(=O)OCOC(=O)C(N)Cc1ccccc1. The number of likely N-dealkylation sites (N-methyl/N-ethyl adjacent to an activating group) is 1. The minimum Gasteiger partial charge on any atom is -0.454 e. The van der Waals surface area contributed by atoms with Gasteiger partial charge in [0.25, 0.3) is 0 Å². The Hall–Kier alpha value is -3.26. The summed E-state index contributed by atoms with van der Waals surface area (Å²) in [5.74, 6) is 0.790. The number of hydrogen-bond donors (Lipinski definition) is 1. The number of fused-ring (bicyclic) bond motifs is 1. The van der Waals surface area contributed by atoms with Crippen molar-refractivity contribution >= 4 is 12.1 Å². The van der Waals surface area contributed by atoms with Crippen molar-refractivity contribution in [1.82, 2.24) is 4.90 Å². The summed E-state index contributed by atoms with van der Waals surface area (Å²) < 4.78 is 20.7. The zero-order valence-corrected chi connectivity index (χ0v) is 17.1. The number of hydrogen-bond acceptors (Lipinski definition) is 7. The highest BCUT2D eigenvalue weighted by Crippen LogP contribution is 2.32. The fourth-order valence-electron chi connectivity index (χ4n) is 3.02. The molecule has 0 fully saturated rings. The highest BCUT2D eigenvalue weighted by molar-refractivity contribution is 5.76. The van der Waals surface area contributed by atoms with Gasteiger partial charge >= 0.3 is 12.1 Å². The van der Waals surface area contributed by atoms with E-state index in [2.05, 4.69) is 0 Å². The normalized spacial score (nSPS) is 14.0. The Bertz CT molecular complexity index is 873. The summed E-state index contributed by atoms with van der Waals surface area (Å²) in [7, 11) is 1.63. The Morgan fingerprint density at radius 1 is 1.03 bits per heavy atom. The lowest BCUT2D eigenvalue weighted by Crippen LogP contribution is -2.38. The van der Waals surface area contributed by atoms with E-state index in [1.165, 1.54) is 4.90 Å². The van der Waals surface area contributed by atoms with Gasteiger partial charge in [0.05, 0.1) is 0 Å². The van der Waals surface area contributed by atoms with E-state index in [0.717, 1.165) is 11.1 Å². The van der Waals surface area contributed by atoms with E-state index in [1.807, 2.05) is 55.5 Å². The Kier molecular flexibility index (Phi) is 7.13. The smallest absolute Gasteiger partial charge is 0.412 e. The lowest BCUT2D eigenvalue weighted by atomic mass is 10.1. The van der Waals surface area contributed by atoms with Gasteiger partial charge in [0, 0.05) is 13.1 Å². The number of ether oxygens (including phenoxy) is 4. The molecule has 160 valence electrons. The summed E-state index contributed by atoms with van der Waals surface area (Å²) in [6.45, 7) is 1.63. The molecule has 1 aliphatic heterocycles. The molecular weight excluding hydrogens is 388 g/mol.